The summed E-state index contributed by atoms with van der Waals surface area (Å²) in [7, 11) is 3.92. The van der Waals surface area contributed by atoms with Gasteiger partial charge in [-0.1, -0.05) is 11.3 Å². The summed E-state index contributed by atoms with van der Waals surface area (Å²) in [5.74, 6) is -0.0138. The molecular formula is C23H21N3O3S. The van der Waals surface area contributed by atoms with Gasteiger partial charge < -0.3 is 14.7 Å². The molecule has 1 aliphatic heterocycles. The second kappa shape index (κ2) is 6.95. The number of aliphatic carboxylic acids is 1. The van der Waals surface area contributed by atoms with Crippen molar-refractivity contribution in [2.45, 2.75) is 19.8 Å². The zero-order chi connectivity index (χ0) is 21.0. The number of benzene rings is 2. The minimum absolute atomic E-state index is 0.0499. The van der Waals surface area contributed by atoms with E-state index >= 15 is 0 Å². The predicted octanol–water partition coefficient (Wildman–Crippen LogP) is 4.45. The van der Waals surface area contributed by atoms with E-state index in [-0.39, 0.29) is 6.42 Å². The first-order valence-corrected chi connectivity index (χ1v) is 10.6. The van der Waals surface area contributed by atoms with Gasteiger partial charge in [-0.25, -0.2) is 4.98 Å². The first-order valence-electron chi connectivity index (χ1n) is 9.80. The lowest BCUT2D eigenvalue weighted by Gasteiger charge is -2.21. The molecule has 0 bridgehead atoms. The zero-order valence-corrected chi connectivity index (χ0v) is 17.8. The Labute approximate surface area is 177 Å². The summed E-state index contributed by atoms with van der Waals surface area (Å²) >= 11 is 1.58. The van der Waals surface area contributed by atoms with E-state index in [1.165, 1.54) is 5.56 Å². The highest BCUT2D eigenvalue weighted by molar-refractivity contribution is 7.22. The summed E-state index contributed by atoms with van der Waals surface area (Å²) in [6.07, 6.45) is 2.62. The Balaban J connectivity index is 1.90. The first-order chi connectivity index (χ1) is 14.4. The van der Waals surface area contributed by atoms with Gasteiger partial charge in [0.25, 0.3) is 0 Å². The Hall–Kier alpha value is -3.19. The number of anilines is 1. The van der Waals surface area contributed by atoms with Crippen LogP contribution in [0.15, 0.2) is 30.5 Å². The molecule has 0 radical (unpaired) electrons. The lowest BCUT2D eigenvalue weighted by Crippen LogP contribution is -2.09. The zero-order valence-electron chi connectivity index (χ0n) is 17.0. The molecule has 152 valence electrons. The van der Waals surface area contributed by atoms with Crippen LogP contribution in [0.2, 0.25) is 0 Å². The monoisotopic (exact) mass is 419 g/mol. The minimum atomic E-state index is -0.852. The number of nitrogens with zero attached hydrogens (tertiary/aromatic N) is 3. The van der Waals surface area contributed by atoms with Gasteiger partial charge in [0, 0.05) is 43.2 Å². The fourth-order valence-electron chi connectivity index (χ4n) is 4.18. The Morgan fingerprint density at radius 2 is 2.13 bits per heavy atom. The number of aryl methyl sites for hydroxylation is 1. The molecule has 6 nitrogen and oxygen atoms in total. The highest BCUT2D eigenvalue weighted by atomic mass is 32.1. The van der Waals surface area contributed by atoms with Gasteiger partial charge in [0.2, 0.25) is 0 Å². The lowest BCUT2D eigenvalue weighted by molar-refractivity contribution is -0.136. The highest BCUT2D eigenvalue weighted by Gasteiger charge is 2.23. The molecular weight excluding hydrogens is 398 g/mol. The van der Waals surface area contributed by atoms with Crippen LogP contribution >= 0.6 is 11.3 Å². The van der Waals surface area contributed by atoms with Crippen molar-refractivity contribution in [1.82, 2.24) is 9.97 Å². The molecule has 0 spiro atoms. The maximum Gasteiger partial charge on any atom is 0.307 e. The summed E-state index contributed by atoms with van der Waals surface area (Å²) < 4.78 is 6.86. The number of hydrogen-bond donors (Lipinski definition) is 1. The van der Waals surface area contributed by atoms with Crippen LogP contribution in [0.3, 0.4) is 0 Å². The van der Waals surface area contributed by atoms with Crippen LogP contribution in [0.5, 0.6) is 5.75 Å². The van der Waals surface area contributed by atoms with Gasteiger partial charge >= 0.3 is 5.97 Å². The molecule has 0 saturated heterocycles. The number of ether oxygens (including phenoxy) is 1. The molecule has 3 heterocycles. The third-order valence-corrected chi connectivity index (χ3v) is 6.81. The van der Waals surface area contributed by atoms with Crippen LogP contribution in [-0.4, -0.2) is 41.7 Å². The number of pyridine rings is 1. The topological polar surface area (TPSA) is 75.5 Å². The smallest absolute Gasteiger partial charge is 0.307 e. The van der Waals surface area contributed by atoms with E-state index in [0.29, 0.717) is 6.61 Å². The molecule has 4 aromatic rings. The van der Waals surface area contributed by atoms with E-state index in [2.05, 4.69) is 0 Å². The molecule has 0 atom stereocenters. The number of carboxylic acids is 1. The van der Waals surface area contributed by atoms with E-state index in [9.17, 15) is 9.90 Å². The summed E-state index contributed by atoms with van der Waals surface area (Å²) in [4.78, 5) is 23.2. The number of fused-ring (bicyclic) bond motifs is 1. The molecule has 2 aromatic heterocycles. The van der Waals surface area contributed by atoms with E-state index < -0.39 is 5.97 Å². The fourth-order valence-corrected chi connectivity index (χ4v) is 5.24. The van der Waals surface area contributed by atoms with E-state index in [4.69, 9.17) is 14.7 Å². The second-order valence-electron chi connectivity index (χ2n) is 7.76. The molecule has 2 aromatic carbocycles. The summed E-state index contributed by atoms with van der Waals surface area (Å²) in [5, 5.41) is 11.5. The predicted molar refractivity (Wildman–Crippen MR) is 120 cm³/mol. The van der Waals surface area contributed by atoms with Crippen molar-refractivity contribution < 1.29 is 14.6 Å². The van der Waals surface area contributed by atoms with E-state index in [1.807, 2.05) is 56.4 Å². The second-order valence-corrected chi connectivity index (χ2v) is 8.74. The molecule has 1 N–H and O–H groups in total. The van der Waals surface area contributed by atoms with Crippen molar-refractivity contribution in [2.75, 3.05) is 25.6 Å². The number of rotatable bonds is 4. The maximum absolute atomic E-state index is 11.7. The third-order valence-electron chi connectivity index (χ3n) is 5.55. The molecule has 5 rings (SSSR count). The van der Waals surface area contributed by atoms with Crippen LogP contribution < -0.4 is 9.64 Å². The van der Waals surface area contributed by atoms with Gasteiger partial charge in [-0.3, -0.25) is 9.78 Å². The van der Waals surface area contributed by atoms with Crippen molar-refractivity contribution in [3.8, 4) is 16.9 Å². The summed E-state index contributed by atoms with van der Waals surface area (Å²) in [6.45, 7) is 2.61. The number of hydrogen-bond acceptors (Lipinski definition) is 6. The number of carbonyl (C=O) groups is 1. The van der Waals surface area contributed by atoms with Crippen LogP contribution in [0.1, 0.15) is 16.7 Å². The molecule has 0 fully saturated rings. The molecule has 0 unspecified atom stereocenters. The standard InChI is InChI=1S/C23H21N3O3S/c1-12-10-16-22(30-23(25-16)26(2)3)20(15(12)11-18(27)28)14-4-5-17-19-13(7-9-29-17)6-8-24-21(14)19/h4-6,8,10H,7,9,11H2,1-3H3,(H,27,28). The van der Waals surface area contributed by atoms with Crippen LogP contribution in [0.25, 0.3) is 32.2 Å². The number of thiazole rings is 1. The van der Waals surface area contributed by atoms with Crippen LogP contribution in [-0.2, 0) is 17.6 Å². The third kappa shape index (κ3) is 2.89. The molecule has 0 saturated carbocycles. The fraction of sp³-hybridized carbons (Fsp3) is 0.261. The summed E-state index contributed by atoms with van der Waals surface area (Å²) in [6, 6.07) is 8.02. The number of aromatic nitrogens is 2. The van der Waals surface area contributed by atoms with Gasteiger partial charge in [-0.15, -0.1) is 0 Å². The van der Waals surface area contributed by atoms with Crippen LogP contribution in [0.4, 0.5) is 5.13 Å². The molecule has 30 heavy (non-hydrogen) atoms. The van der Waals surface area contributed by atoms with Gasteiger partial charge in [0.1, 0.15) is 5.75 Å². The van der Waals surface area contributed by atoms with E-state index in [1.54, 1.807) is 11.3 Å². The average molecular weight is 420 g/mol. The molecule has 7 heteroatoms. The molecule has 0 aliphatic carbocycles. The lowest BCUT2D eigenvalue weighted by atomic mass is 9.90. The quantitative estimate of drug-likeness (QED) is 0.527. The molecule has 1 aliphatic rings. The normalized spacial score (nSPS) is 12.9. The highest BCUT2D eigenvalue weighted by Crippen LogP contribution is 2.44. The molecule has 0 amide bonds. The van der Waals surface area contributed by atoms with Gasteiger partial charge in [0.15, 0.2) is 5.13 Å². The van der Waals surface area contributed by atoms with Gasteiger partial charge in [-0.05, 0) is 47.9 Å². The van der Waals surface area contributed by atoms with Crippen molar-refractivity contribution >= 4 is 43.6 Å². The van der Waals surface area contributed by atoms with Crippen molar-refractivity contribution in [3.63, 3.8) is 0 Å². The Bertz CT molecular complexity index is 1320. The Morgan fingerprint density at radius 1 is 1.30 bits per heavy atom. The van der Waals surface area contributed by atoms with Crippen molar-refractivity contribution in [2.24, 2.45) is 0 Å². The van der Waals surface area contributed by atoms with Crippen LogP contribution in [0, 0.1) is 6.92 Å². The van der Waals surface area contributed by atoms with E-state index in [0.717, 1.165) is 60.7 Å². The Morgan fingerprint density at radius 3 is 2.90 bits per heavy atom. The minimum Gasteiger partial charge on any atom is -0.493 e. The largest absolute Gasteiger partial charge is 0.493 e. The first kappa shape index (κ1) is 18.8. The number of carboxylic acid groups (broad SMARTS) is 1. The SMILES string of the molecule is Cc1cc2nc(N(C)C)sc2c(-c2ccc3c4c(ccnc24)CCO3)c1CC(=O)O. The average Bonchev–Trinajstić information content (AvgIpc) is 3.13. The van der Waals surface area contributed by atoms with Gasteiger partial charge in [0.05, 0.1) is 28.8 Å². The Kier molecular flexibility index (Phi) is 4.36. The van der Waals surface area contributed by atoms with Crippen molar-refractivity contribution in [1.29, 1.82) is 0 Å². The van der Waals surface area contributed by atoms with Gasteiger partial charge in [-0.2, -0.15) is 0 Å². The summed E-state index contributed by atoms with van der Waals surface area (Å²) in [5.41, 5.74) is 6.52. The van der Waals surface area contributed by atoms with Crippen molar-refractivity contribution in [3.05, 3.63) is 47.2 Å². The maximum atomic E-state index is 11.7.